The van der Waals surface area contributed by atoms with Gasteiger partial charge in [-0.25, -0.2) is 4.39 Å². The molecule has 1 atom stereocenters. The molecule has 0 aliphatic heterocycles. The molecule has 0 saturated carbocycles. The maximum Gasteiger partial charge on any atom is 0.415 e. The van der Waals surface area contributed by atoms with Crippen molar-refractivity contribution < 1.29 is 22.7 Å². The van der Waals surface area contributed by atoms with Gasteiger partial charge in [-0.15, -0.1) is 5.10 Å². The highest BCUT2D eigenvalue weighted by Gasteiger charge is 2.38. The molecular formula is C10H8F4N4OS. The van der Waals surface area contributed by atoms with E-state index in [1.807, 2.05) is 0 Å². The fourth-order valence-electron chi connectivity index (χ4n) is 1.29. The molecule has 1 aromatic carbocycles. The lowest BCUT2D eigenvalue weighted by atomic mass is 10.3. The zero-order valence-electron chi connectivity index (χ0n) is 9.75. The summed E-state index contributed by atoms with van der Waals surface area (Å²) in [5.74, 6) is -1.18. The Kier molecular flexibility index (Phi) is 4.23. The first-order chi connectivity index (χ1) is 9.38. The van der Waals surface area contributed by atoms with E-state index >= 15 is 0 Å². The normalized spacial score (nSPS) is 13.4. The zero-order valence-corrected chi connectivity index (χ0v) is 10.6. The van der Waals surface area contributed by atoms with Crippen molar-refractivity contribution in [3.63, 3.8) is 0 Å². The molecule has 1 aromatic heterocycles. The fraction of sp³-hybridized carbons (Fsp3) is 0.300. The average Bonchev–Trinajstić information content (AvgIpc) is 2.83. The van der Waals surface area contributed by atoms with Crippen LogP contribution in [0.1, 0.15) is 0 Å². The first-order valence-corrected chi connectivity index (χ1v) is 6.28. The lowest BCUT2D eigenvalue weighted by molar-refractivity contribution is -0.195. The van der Waals surface area contributed by atoms with Crippen molar-refractivity contribution in [1.29, 1.82) is 0 Å². The Bertz CT molecular complexity index is 589. The van der Waals surface area contributed by atoms with Gasteiger partial charge in [-0.2, -0.15) is 17.9 Å². The SMILES string of the molecule is OC(CSc1nnnn1-c1cccc(F)c1)C(F)(F)F. The summed E-state index contributed by atoms with van der Waals surface area (Å²) < 4.78 is 50.7. The number of hydrogen-bond donors (Lipinski definition) is 1. The maximum absolute atomic E-state index is 13.1. The molecule has 108 valence electrons. The van der Waals surface area contributed by atoms with Crippen LogP contribution in [0, 0.1) is 5.82 Å². The smallest absolute Gasteiger partial charge is 0.383 e. The van der Waals surface area contributed by atoms with E-state index in [1.54, 1.807) is 0 Å². The predicted molar refractivity (Wildman–Crippen MR) is 61.9 cm³/mol. The number of halogens is 4. The van der Waals surface area contributed by atoms with Gasteiger partial charge in [0.2, 0.25) is 5.16 Å². The monoisotopic (exact) mass is 308 g/mol. The number of nitrogens with zero attached hydrogens (tertiary/aromatic N) is 4. The summed E-state index contributed by atoms with van der Waals surface area (Å²) in [5, 5.41) is 19.4. The van der Waals surface area contributed by atoms with Crippen molar-refractivity contribution in [3.05, 3.63) is 30.1 Å². The highest BCUT2D eigenvalue weighted by atomic mass is 32.2. The van der Waals surface area contributed by atoms with Crippen molar-refractivity contribution >= 4 is 11.8 Å². The number of rotatable bonds is 4. The summed E-state index contributed by atoms with van der Waals surface area (Å²) >= 11 is 0.624. The van der Waals surface area contributed by atoms with Crippen LogP contribution < -0.4 is 0 Å². The first-order valence-electron chi connectivity index (χ1n) is 5.30. The molecule has 5 nitrogen and oxygen atoms in total. The van der Waals surface area contributed by atoms with Gasteiger partial charge < -0.3 is 5.11 Å². The van der Waals surface area contributed by atoms with Crippen LogP contribution in [0.25, 0.3) is 5.69 Å². The minimum absolute atomic E-state index is 0.0268. The summed E-state index contributed by atoms with van der Waals surface area (Å²) in [7, 11) is 0. The Hall–Kier alpha value is -1.68. The van der Waals surface area contributed by atoms with Crippen molar-refractivity contribution in [2.24, 2.45) is 0 Å². The van der Waals surface area contributed by atoms with E-state index in [4.69, 9.17) is 5.11 Å². The van der Waals surface area contributed by atoms with Crippen LogP contribution in [-0.2, 0) is 0 Å². The predicted octanol–water partition coefficient (Wildman–Crippen LogP) is 1.82. The van der Waals surface area contributed by atoms with E-state index in [0.717, 1.165) is 10.7 Å². The van der Waals surface area contributed by atoms with Crippen LogP contribution in [0.2, 0.25) is 0 Å². The largest absolute Gasteiger partial charge is 0.415 e. The molecule has 0 bridgehead atoms. The van der Waals surface area contributed by atoms with Gasteiger partial charge >= 0.3 is 6.18 Å². The number of thioether (sulfide) groups is 1. The molecule has 2 rings (SSSR count). The Morgan fingerprint density at radius 3 is 2.75 bits per heavy atom. The Morgan fingerprint density at radius 1 is 1.35 bits per heavy atom. The third-order valence-electron chi connectivity index (χ3n) is 2.24. The number of benzene rings is 1. The third kappa shape index (κ3) is 3.45. The number of hydrogen-bond acceptors (Lipinski definition) is 5. The maximum atomic E-state index is 13.1. The summed E-state index contributed by atoms with van der Waals surface area (Å²) in [5.41, 5.74) is 0.277. The quantitative estimate of drug-likeness (QED) is 0.689. The number of aliphatic hydroxyl groups excluding tert-OH is 1. The van der Waals surface area contributed by atoms with E-state index in [9.17, 15) is 17.6 Å². The van der Waals surface area contributed by atoms with E-state index < -0.39 is 23.9 Å². The second-order valence-corrected chi connectivity index (χ2v) is 4.71. The van der Waals surface area contributed by atoms with Gasteiger partial charge in [-0.05, 0) is 28.6 Å². The van der Waals surface area contributed by atoms with E-state index in [1.165, 1.54) is 18.2 Å². The number of tetrazole rings is 1. The lowest BCUT2D eigenvalue weighted by Crippen LogP contribution is -2.30. The van der Waals surface area contributed by atoms with Crippen molar-refractivity contribution in [3.8, 4) is 5.69 Å². The fourth-order valence-corrected chi connectivity index (χ4v) is 2.14. The molecule has 20 heavy (non-hydrogen) atoms. The van der Waals surface area contributed by atoms with Gasteiger partial charge in [0.05, 0.1) is 5.69 Å². The van der Waals surface area contributed by atoms with Crippen LogP contribution in [0.5, 0.6) is 0 Å². The number of alkyl halides is 3. The van der Waals surface area contributed by atoms with Gasteiger partial charge in [0, 0.05) is 5.75 Å². The van der Waals surface area contributed by atoms with Crippen LogP contribution in [0.15, 0.2) is 29.4 Å². The molecule has 1 heterocycles. The van der Waals surface area contributed by atoms with Gasteiger partial charge in [-0.3, -0.25) is 0 Å². The average molecular weight is 308 g/mol. The Morgan fingerprint density at radius 2 is 2.10 bits per heavy atom. The Labute approximate surface area is 114 Å². The highest BCUT2D eigenvalue weighted by molar-refractivity contribution is 7.99. The van der Waals surface area contributed by atoms with E-state index in [-0.39, 0.29) is 10.8 Å². The summed E-state index contributed by atoms with van der Waals surface area (Å²) in [4.78, 5) is 0. The second-order valence-electron chi connectivity index (χ2n) is 3.72. The van der Waals surface area contributed by atoms with Crippen LogP contribution in [0.3, 0.4) is 0 Å². The van der Waals surface area contributed by atoms with E-state index in [0.29, 0.717) is 11.8 Å². The van der Waals surface area contributed by atoms with Crippen molar-refractivity contribution in [2.75, 3.05) is 5.75 Å². The van der Waals surface area contributed by atoms with Crippen LogP contribution in [0.4, 0.5) is 17.6 Å². The molecule has 0 fully saturated rings. The lowest BCUT2D eigenvalue weighted by Gasteiger charge is -2.13. The van der Waals surface area contributed by atoms with Gasteiger partial charge in [0.15, 0.2) is 6.10 Å². The number of aliphatic hydroxyl groups is 1. The Balaban J connectivity index is 2.14. The molecule has 0 amide bonds. The molecule has 0 aliphatic carbocycles. The molecule has 1 unspecified atom stereocenters. The zero-order chi connectivity index (χ0) is 14.8. The summed E-state index contributed by atoms with van der Waals surface area (Å²) in [6.07, 6.45) is -7.19. The minimum Gasteiger partial charge on any atom is -0.383 e. The van der Waals surface area contributed by atoms with E-state index in [2.05, 4.69) is 15.5 Å². The first kappa shape index (κ1) is 14.7. The minimum atomic E-state index is -4.70. The molecule has 0 aliphatic rings. The standard InChI is InChI=1S/C10H8F4N4OS/c11-6-2-1-3-7(4-6)18-9(15-16-17-18)20-5-8(19)10(12,13)14/h1-4,8,19H,5H2. The van der Waals surface area contributed by atoms with Crippen LogP contribution in [-0.4, -0.2) is 43.3 Å². The number of aromatic nitrogens is 4. The third-order valence-corrected chi connectivity index (χ3v) is 3.24. The second kappa shape index (κ2) is 5.75. The summed E-state index contributed by atoms with van der Waals surface area (Å²) in [6, 6.07) is 5.28. The summed E-state index contributed by atoms with van der Waals surface area (Å²) in [6.45, 7) is 0. The topological polar surface area (TPSA) is 63.8 Å². The highest BCUT2D eigenvalue weighted by Crippen LogP contribution is 2.26. The van der Waals surface area contributed by atoms with Gasteiger partial charge in [-0.1, -0.05) is 17.8 Å². The molecule has 0 radical (unpaired) electrons. The molecule has 1 N–H and O–H groups in total. The van der Waals surface area contributed by atoms with Crippen molar-refractivity contribution in [1.82, 2.24) is 20.2 Å². The van der Waals surface area contributed by atoms with Crippen LogP contribution >= 0.6 is 11.8 Å². The molecular weight excluding hydrogens is 300 g/mol. The molecule has 0 spiro atoms. The van der Waals surface area contributed by atoms with Gasteiger partial charge in [0.25, 0.3) is 0 Å². The molecule has 2 aromatic rings. The van der Waals surface area contributed by atoms with Crippen molar-refractivity contribution in [2.45, 2.75) is 17.4 Å². The molecule has 10 heteroatoms. The van der Waals surface area contributed by atoms with Gasteiger partial charge in [0.1, 0.15) is 5.82 Å². The molecule has 0 saturated heterocycles.